The van der Waals surface area contributed by atoms with Crippen molar-refractivity contribution >= 4 is 8.07 Å². The van der Waals surface area contributed by atoms with E-state index in [1.807, 2.05) is 0 Å². The Balaban J connectivity index is 3.77. The minimum absolute atomic E-state index is 0.900. The molecule has 0 atom stereocenters. The molecule has 0 aliphatic rings. The topological polar surface area (TPSA) is 12.0 Å². The van der Waals surface area contributed by atoms with Crippen molar-refractivity contribution in [3.8, 4) is 0 Å². The predicted octanol–water partition coefficient (Wildman–Crippen LogP) is 5.45. The van der Waals surface area contributed by atoms with Gasteiger partial charge in [0.25, 0.3) is 0 Å². The molecule has 0 aliphatic carbocycles. The van der Waals surface area contributed by atoms with Crippen LogP contribution in [0.5, 0.6) is 0 Å². The zero-order chi connectivity index (χ0) is 13.7. The van der Waals surface area contributed by atoms with E-state index in [9.17, 15) is 0 Å². The van der Waals surface area contributed by atoms with E-state index in [1.165, 1.54) is 58.0 Å². The first-order valence-electron chi connectivity index (χ1n) is 8.39. The molecular formula is C16H37NSi. The predicted molar refractivity (Wildman–Crippen MR) is 88.2 cm³/mol. The van der Waals surface area contributed by atoms with Crippen molar-refractivity contribution in [1.82, 2.24) is 5.32 Å². The molecule has 0 saturated heterocycles. The lowest BCUT2D eigenvalue weighted by molar-refractivity contribution is 0.629. The fraction of sp³-hybridized carbons (Fsp3) is 1.00. The molecule has 18 heavy (non-hydrogen) atoms. The van der Waals surface area contributed by atoms with Gasteiger partial charge >= 0.3 is 0 Å². The lowest BCUT2D eigenvalue weighted by Crippen LogP contribution is -2.31. The van der Waals surface area contributed by atoms with Gasteiger partial charge in [0.1, 0.15) is 0 Å². The zero-order valence-electron chi connectivity index (χ0n) is 13.5. The van der Waals surface area contributed by atoms with Gasteiger partial charge < -0.3 is 5.32 Å². The molecular weight excluding hydrogens is 234 g/mol. The zero-order valence-corrected chi connectivity index (χ0v) is 14.5. The SMILES string of the molecule is CCCCNCCC[Si](C)(CCCC)CCCC. The molecule has 0 heterocycles. The maximum Gasteiger partial charge on any atom is 0.0505 e. The Hall–Kier alpha value is 0.177. The van der Waals surface area contributed by atoms with Gasteiger partial charge in [0.15, 0.2) is 0 Å². The average molecular weight is 272 g/mol. The molecule has 0 saturated carbocycles. The van der Waals surface area contributed by atoms with Crippen LogP contribution < -0.4 is 5.32 Å². The van der Waals surface area contributed by atoms with Gasteiger partial charge in [-0.2, -0.15) is 0 Å². The minimum atomic E-state index is -0.900. The van der Waals surface area contributed by atoms with Gasteiger partial charge in [0.05, 0.1) is 8.07 Å². The monoisotopic (exact) mass is 271 g/mol. The van der Waals surface area contributed by atoms with Gasteiger partial charge in [-0.25, -0.2) is 0 Å². The Kier molecular flexibility index (Phi) is 12.3. The third kappa shape index (κ3) is 10.1. The highest BCUT2D eigenvalue weighted by atomic mass is 28.3. The molecule has 0 aromatic heterocycles. The maximum absolute atomic E-state index is 3.59. The Morgan fingerprint density at radius 3 is 1.61 bits per heavy atom. The molecule has 0 aliphatic heterocycles. The second kappa shape index (κ2) is 12.2. The smallest absolute Gasteiger partial charge is 0.0505 e. The maximum atomic E-state index is 3.59. The Morgan fingerprint density at radius 1 is 0.667 bits per heavy atom. The summed E-state index contributed by atoms with van der Waals surface area (Å²) in [6.45, 7) is 12.1. The molecule has 110 valence electrons. The molecule has 0 radical (unpaired) electrons. The number of unbranched alkanes of at least 4 members (excludes halogenated alkanes) is 3. The van der Waals surface area contributed by atoms with Gasteiger partial charge in [0.2, 0.25) is 0 Å². The lowest BCUT2D eigenvalue weighted by Gasteiger charge is -2.27. The van der Waals surface area contributed by atoms with Crippen LogP contribution in [-0.4, -0.2) is 21.2 Å². The second-order valence-corrected chi connectivity index (χ2v) is 11.3. The molecule has 0 amide bonds. The van der Waals surface area contributed by atoms with Crippen LogP contribution in [0.2, 0.25) is 24.7 Å². The molecule has 1 nitrogen and oxygen atoms in total. The highest BCUT2D eigenvalue weighted by Crippen LogP contribution is 2.27. The molecule has 0 unspecified atom stereocenters. The van der Waals surface area contributed by atoms with E-state index in [-0.39, 0.29) is 0 Å². The van der Waals surface area contributed by atoms with Crippen LogP contribution in [0.4, 0.5) is 0 Å². The quantitative estimate of drug-likeness (QED) is 0.347. The summed E-state index contributed by atoms with van der Waals surface area (Å²) in [6, 6.07) is 4.68. The molecule has 0 aromatic carbocycles. The lowest BCUT2D eigenvalue weighted by atomic mass is 10.3. The van der Waals surface area contributed by atoms with Crippen LogP contribution >= 0.6 is 0 Å². The van der Waals surface area contributed by atoms with Crippen LogP contribution in [0.15, 0.2) is 0 Å². The van der Waals surface area contributed by atoms with E-state index < -0.39 is 8.07 Å². The van der Waals surface area contributed by atoms with E-state index in [0.29, 0.717) is 0 Å². The molecule has 0 fully saturated rings. The van der Waals surface area contributed by atoms with Gasteiger partial charge in [0, 0.05) is 0 Å². The van der Waals surface area contributed by atoms with Crippen LogP contribution in [0.3, 0.4) is 0 Å². The summed E-state index contributed by atoms with van der Waals surface area (Å²) in [7, 11) is -0.900. The van der Waals surface area contributed by atoms with Crippen molar-refractivity contribution in [3.63, 3.8) is 0 Å². The van der Waals surface area contributed by atoms with Crippen LogP contribution in [0.1, 0.15) is 65.7 Å². The molecule has 0 aromatic rings. The molecule has 0 spiro atoms. The van der Waals surface area contributed by atoms with Crippen molar-refractivity contribution in [3.05, 3.63) is 0 Å². The van der Waals surface area contributed by atoms with Crippen LogP contribution in [0, 0.1) is 0 Å². The summed E-state index contributed by atoms with van der Waals surface area (Å²) in [5.74, 6) is 0. The van der Waals surface area contributed by atoms with E-state index in [4.69, 9.17) is 0 Å². The molecule has 0 rings (SSSR count). The van der Waals surface area contributed by atoms with Crippen molar-refractivity contribution in [2.75, 3.05) is 13.1 Å². The van der Waals surface area contributed by atoms with Gasteiger partial charge in [-0.3, -0.25) is 0 Å². The number of nitrogens with one attached hydrogen (secondary N) is 1. The number of rotatable bonds is 13. The normalized spacial score (nSPS) is 12.0. The first-order valence-corrected chi connectivity index (χ1v) is 11.5. The fourth-order valence-electron chi connectivity index (χ4n) is 2.65. The summed E-state index contributed by atoms with van der Waals surface area (Å²) < 4.78 is 0. The van der Waals surface area contributed by atoms with Crippen molar-refractivity contribution in [1.29, 1.82) is 0 Å². The van der Waals surface area contributed by atoms with E-state index in [2.05, 4.69) is 32.6 Å². The van der Waals surface area contributed by atoms with E-state index in [0.717, 1.165) is 0 Å². The summed E-state index contributed by atoms with van der Waals surface area (Å²) >= 11 is 0. The van der Waals surface area contributed by atoms with E-state index in [1.54, 1.807) is 18.1 Å². The Labute approximate surface area is 117 Å². The standard InChI is InChI=1S/C16H37NSi/c1-5-8-12-17-13-11-16-18(4,14-9-6-2)15-10-7-3/h17H,5-16H2,1-4H3. The molecule has 0 bridgehead atoms. The first-order chi connectivity index (χ1) is 8.68. The van der Waals surface area contributed by atoms with Crippen molar-refractivity contribution < 1.29 is 0 Å². The summed E-state index contributed by atoms with van der Waals surface area (Å²) in [4.78, 5) is 0. The Bertz CT molecular complexity index is 162. The number of hydrogen-bond donors (Lipinski definition) is 1. The number of hydrogen-bond acceptors (Lipinski definition) is 1. The second-order valence-electron chi connectivity index (χ2n) is 6.22. The van der Waals surface area contributed by atoms with Crippen molar-refractivity contribution in [2.45, 2.75) is 90.4 Å². The van der Waals surface area contributed by atoms with Crippen molar-refractivity contribution in [2.24, 2.45) is 0 Å². The fourth-order valence-corrected chi connectivity index (χ4v) is 6.84. The summed E-state index contributed by atoms with van der Waals surface area (Å²) in [5, 5.41) is 3.59. The summed E-state index contributed by atoms with van der Waals surface area (Å²) in [5.41, 5.74) is 0. The summed E-state index contributed by atoms with van der Waals surface area (Å²) in [6.07, 6.45) is 9.75. The van der Waals surface area contributed by atoms with Gasteiger partial charge in [-0.1, -0.05) is 77.6 Å². The molecule has 1 N–H and O–H groups in total. The highest BCUT2D eigenvalue weighted by Gasteiger charge is 2.24. The van der Waals surface area contributed by atoms with E-state index >= 15 is 0 Å². The largest absolute Gasteiger partial charge is 0.317 e. The van der Waals surface area contributed by atoms with Crippen LogP contribution in [-0.2, 0) is 0 Å². The third-order valence-electron chi connectivity index (χ3n) is 4.11. The van der Waals surface area contributed by atoms with Gasteiger partial charge in [-0.05, 0) is 25.9 Å². The molecule has 2 heteroatoms. The van der Waals surface area contributed by atoms with Gasteiger partial charge in [-0.15, -0.1) is 0 Å². The highest BCUT2D eigenvalue weighted by molar-refractivity contribution is 6.78. The average Bonchev–Trinajstić information content (AvgIpc) is 2.38. The van der Waals surface area contributed by atoms with Crippen LogP contribution in [0.25, 0.3) is 0 Å². The minimum Gasteiger partial charge on any atom is -0.317 e. The first kappa shape index (κ1) is 18.2. The third-order valence-corrected chi connectivity index (χ3v) is 8.79. The Morgan fingerprint density at radius 2 is 1.11 bits per heavy atom.